The van der Waals surface area contributed by atoms with Gasteiger partial charge in [0.05, 0.1) is 6.21 Å². The highest BCUT2D eigenvalue weighted by molar-refractivity contribution is 6.01. The lowest BCUT2D eigenvalue weighted by atomic mass is 10.1. The van der Waals surface area contributed by atoms with E-state index in [1.165, 1.54) is 5.56 Å². The van der Waals surface area contributed by atoms with Gasteiger partial charge >= 0.3 is 6.03 Å². The summed E-state index contributed by atoms with van der Waals surface area (Å²) >= 11 is 0. The fraction of sp³-hybridized carbons (Fsp3) is 0.200. The predicted octanol–water partition coefficient (Wildman–Crippen LogP) is 4.26. The summed E-state index contributed by atoms with van der Waals surface area (Å²) in [5, 5.41) is 8.00. The molecule has 128 valence electrons. The number of nitrogens with one attached hydrogen (secondary N) is 2. The quantitative estimate of drug-likeness (QED) is 0.546. The van der Waals surface area contributed by atoms with Gasteiger partial charge in [-0.05, 0) is 50.1 Å². The number of hydrazone groups is 1. The molecule has 2 amide bonds. The van der Waals surface area contributed by atoms with Gasteiger partial charge in [-0.1, -0.05) is 24.3 Å². The molecule has 0 bridgehead atoms. The first-order valence-electron chi connectivity index (χ1n) is 8.18. The Labute approximate surface area is 147 Å². The summed E-state index contributed by atoms with van der Waals surface area (Å²) in [6.07, 6.45) is 1.69. The average Bonchev–Trinajstić information content (AvgIpc) is 2.83. The van der Waals surface area contributed by atoms with E-state index in [9.17, 15) is 4.79 Å². The Kier molecular flexibility index (Phi) is 4.57. The average molecular weight is 334 g/mol. The Hall–Kier alpha value is -3.08. The molecule has 3 rings (SSSR count). The molecular weight excluding hydrogens is 312 g/mol. The molecule has 0 unspecified atom stereocenters. The van der Waals surface area contributed by atoms with Gasteiger partial charge in [0.25, 0.3) is 0 Å². The minimum atomic E-state index is -0.364. The topological polar surface area (TPSA) is 58.4 Å². The molecule has 0 radical (unpaired) electrons. The summed E-state index contributed by atoms with van der Waals surface area (Å²) in [6.45, 7) is 6.09. The number of aryl methyl sites for hydroxylation is 3. The molecule has 0 fully saturated rings. The van der Waals surface area contributed by atoms with Crippen LogP contribution in [0.25, 0.3) is 10.9 Å². The number of carbonyl (C=O) groups is 1. The maximum atomic E-state index is 12.0. The molecule has 1 heterocycles. The summed E-state index contributed by atoms with van der Waals surface area (Å²) in [5.41, 5.74) is 8.84. The lowest BCUT2D eigenvalue weighted by Crippen LogP contribution is -2.24. The van der Waals surface area contributed by atoms with Crippen LogP contribution in [0.15, 0.2) is 47.6 Å². The van der Waals surface area contributed by atoms with Crippen molar-refractivity contribution in [1.29, 1.82) is 0 Å². The Balaban J connectivity index is 1.72. The Morgan fingerprint density at radius 2 is 1.84 bits per heavy atom. The third kappa shape index (κ3) is 3.40. The molecule has 5 heteroatoms. The second-order valence-electron chi connectivity index (χ2n) is 6.20. The highest BCUT2D eigenvalue weighted by atomic mass is 16.2. The monoisotopic (exact) mass is 334 g/mol. The van der Waals surface area contributed by atoms with E-state index in [2.05, 4.69) is 32.5 Å². The third-order valence-electron chi connectivity index (χ3n) is 4.57. The first-order chi connectivity index (χ1) is 12.0. The van der Waals surface area contributed by atoms with Crippen molar-refractivity contribution in [2.24, 2.45) is 12.1 Å². The van der Waals surface area contributed by atoms with E-state index in [-0.39, 0.29) is 6.03 Å². The number of aromatic nitrogens is 1. The number of urea groups is 1. The number of rotatable bonds is 3. The second-order valence-corrected chi connectivity index (χ2v) is 6.20. The van der Waals surface area contributed by atoms with Crippen molar-refractivity contribution in [2.45, 2.75) is 20.8 Å². The molecule has 2 N–H and O–H groups in total. The van der Waals surface area contributed by atoms with Crippen LogP contribution in [0.5, 0.6) is 0 Å². The number of anilines is 1. The molecule has 0 spiro atoms. The van der Waals surface area contributed by atoms with Crippen molar-refractivity contribution >= 4 is 28.8 Å². The van der Waals surface area contributed by atoms with Gasteiger partial charge in [0.2, 0.25) is 0 Å². The van der Waals surface area contributed by atoms with Crippen LogP contribution >= 0.6 is 0 Å². The highest BCUT2D eigenvalue weighted by Crippen LogP contribution is 2.23. The molecule has 0 atom stereocenters. The van der Waals surface area contributed by atoms with Gasteiger partial charge in [-0.2, -0.15) is 5.10 Å². The van der Waals surface area contributed by atoms with Gasteiger partial charge < -0.3 is 9.88 Å². The first-order valence-corrected chi connectivity index (χ1v) is 8.18. The van der Waals surface area contributed by atoms with Crippen LogP contribution < -0.4 is 10.7 Å². The minimum Gasteiger partial charge on any atom is -0.347 e. The molecule has 0 aliphatic heterocycles. The summed E-state index contributed by atoms with van der Waals surface area (Å²) in [5.74, 6) is 0. The molecule has 2 aromatic carbocycles. The number of benzene rings is 2. The van der Waals surface area contributed by atoms with Crippen molar-refractivity contribution in [2.75, 3.05) is 5.32 Å². The largest absolute Gasteiger partial charge is 0.347 e. The summed E-state index contributed by atoms with van der Waals surface area (Å²) < 4.78 is 2.12. The maximum absolute atomic E-state index is 12.0. The molecule has 0 saturated carbocycles. The van der Waals surface area contributed by atoms with Crippen LogP contribution in [0.2, 0.25) is 0 Å². The van der Waals surface area contributed by atoms with Crippen LogP contribution in [0.3, 0.4) is 0 Å². The molecule has 25 heavy (non-hydrogen) atoms. The van der Waals surface area contributed by atoms with Gasteiger partial charge in [0.15, 0.2) is 0 Å². The van der Waals surface area contributed by atoms with Crippen LogP contribution in [-0.4, -0.2) is 16.8 Å². The second kappa shape index (κ2) is 6.81. The van der Waals surface area contributed by atoms with E-state index < -0.39 is 0 Å². The van der Waals surface area contributed by atoms with Gasteiger partial charge in [-0.15, -0.1) is 0 Å². The van der Waals surface area contributed by atoms with Crippen LogP contribution in [-0.2, 0) is 7.05 Å². The molecule has 5 nitrogen and oxygen atoms in total. The van der Waals surface area contributed by atoms with Crippen molar-refractivity contribution in [3.63, 3.8) is 0 Å². The van der Waals surface area contributed by atoms with Gasteiger partial charge in [0.1, 0.15) is 0 Å². The Morgan fingerprint density at radius 1 is 1.08 bits per heavy atom. The third-order valence-corrected chi connectivity index (χ3v) is 4.57. The summed E-state index contributed by atoms with van der Waals surface area (Å²) in [4.78, 5) is 12.0. The Morgan fingerprint density at radius 3 is 2.60 bits per heavy atom. The fourth-order valence-electron chi connectivity index (χ4n) is 2.85. The zero-order valence-electron chi connectivity index (χ0n) is 14.9. The van der Waals surface area contributed by atoms with Crippen molar-refractivity contribution in [3.05, 3.63) is 64.8 Å². The fourth-order valence-corrected chi connectivity index (χ4v) is 2.85. The molecule has 0 aliphatic rings. The van der Waals surface area contributed by atoms with E-state index in [1.807, 2.05) is 58.2 Å². The number of carbonyl (C=O) groups excluding carboxylic acids is 1. The van der Waals surface area contributed by atoms with Crippen molar-refractivity contribution in [1.82, 2.24) is 9.99 Å². The number of fused-ring (bicyclic) bond motifs is 1. The van der Waals surface area contributed by atoms with E-state index >= 15 is 0 Å². The Bertz CT molecular complexity index is 969. The first kappa shape index (κ1) is 16.8. The van der Waals surface area contributed by atoms with E-state index in [0.29, 0.717) is 0 Å². The normalized spacial score (nSPS) is 11.2. The van der Waals surface area contributed by atoms with E-state index in [4.69, 9.17) is 0 Å². The zero-order chi connectivity index (χ0) is 18.0. The summed E-state index contributed by atoms with van der Waals surface area (Å²) in [6, 6.07) is 13.6. The van der Waals surface area contributed by atoms with Crippen molar-refractivity contribution < 1.29 is 4.79 Å². The van der Waals surface area contributed by atoms with Gasteiger partial charge in [-0.3, -0.25) is 0 Å². The van der Waals surface area contributed by atoms with Gasteiger partial charge in [-0.25, -0.2) is 10.2 Å². The number of nitrogens with zero attached hydrogens (tertiary/aromatic N) is 2. The van der Waals surface area contributed by atoms with Crippen LogP contribution in [0.4, 0.5) is 10.5 Å². The highest BCUT2D eigenvalue weighted by Gasteiger charge is 2.09. The standard InChI is InChI=1S/C20H22N4O/c1-13-9-10-16(11-14(13)2)22-20(25)23-21-12-18-15(3)24(4)19-8-6-5-7-17(18)19/h5-12H,1-4H3,(H2,22,23,25)/b21-12-. The zero-order valence-corrected chi connectivity index (χ0v) is 14.9. The molecule has 1 aromatic heterocycles. The van der Waals surface area contributed by atoms with E-state index in [1.54, 1.807) is 6.21 Å². The number of hydrogen-bond donors (Lipinski definition) is 2. The van der Waals surface area contributed by atoms with Gasteiger partial charge in [0, 0.05) is 34.9 Å². The lowest BCUT2D eigenvalue weighted by molar-refractivity contribution is 0.252. The smallest absolute Gasteiger partial charge is 0.339 e. The van der Waals surface area contributed by atoms with E-state index in [0.717, 1.165) is 33.4 Å². The number of para-hydroxylation sites is 1. The maximum Gasteiger partial charge on any atom is 0.339 e. The number of amides is 2. The van der Waals surface area contributed by atoms with Crippen LogP contribution in [0.1, 0.15) is 22.4 Å². The molecular formula is C20H22N4O. The molecule has 0 aliphatic carbocycles. The minimum absolute atomic E-state index is 0.364. The SMILES string of the molecule is Cc1ccc(NC(=O)N/N=C\c2c(C)n(C)c3ccccc23)cc1C. The number of hydrogen-bond acceptors (Lipinski definition) is 2. The summed E-state index contributed by atoms with van der Waals surface area (Å²) in [7, 11) is 2.02. The van der Waals surface area contributed by atoms with Crippen molar-refractivity contribution in [3.8, 4) is 0 Å². The predicted molar refractivity (Wildman–Crippen MR) is 103 cm³/mol. The molecule has 0 saturated heterocycles. The lowest BCUT2D eigenvalue weighted by Gasteiger charge is -2.06. The van der Waals surface area contributed by atoms with Crippen LogP contribution in [0, 0.1) is 20.8 Å². The molecule has 3 aromatic rings.